The highest BCUT2D eigenvalue weighted by Gasteiger charge is 2.12. The first-order chi connectivity index (χ1) is 14.0. The Morgan fingerprint density at radius 3 is 2.79 bits per heavy atom. The van der Waals surface area contributed by atoms with Crippen molar-refractivity contribution >= 4 is 16.9 Å². The van der Waals surface area contributed by atoms with Crippen molar-refractivity contribution in [3.05, 3.63) is 62.9 Å². The summed E-state index contributed by atoms with van der Waals surface area (Å²) in [5, 5.41) is 2.91. The van der Waals surface area contributed by atoms with E-state index in [1.54, 1.807) is 19.2 Å². The molecule has 0 radical (unpaired) electrons. The van der Waals surface area contributed by atoms with Crippen molar-refractivity contribution in [1.29, 1.82) is 0 Å². The van der Waals surface area contributed by atoms with E-state index in [2.05, 4.69) is 15.3 Å². The summed E-state index contributed by atoms with van der Waals surface area (Å²) in [6, 6.07) is 8.59. The SMILES string of the molecule is CCCn1c(=O)[nH]c(=O)c2cc(C(=O)NCCOc3cccc(OC)c3)cnc21. The fraction of sp³-hybridized carbons (Fsp3) is 0.300. The molecule has 2 heterocycles. The van der Waals surface area contributed by atoms with E-state index in [0.717, 1.165) is 0 Å². The van der Waals surface area contributed by atoms with Crippen LogP contribution in [0.2, 0.25) is 0 Å². The number of methoxy groups -OCH3 is 1. The summed E-state index contributed by atoms with van der Waals surface area (Å²) < 4.78 is 12.1. The number of nitrogens with zero attached hydrogens (tertiary/aromatic N) is 2. The summed E-state index contributed by atoms with van der Waals surface area (Å²) in [6.07, 6.45) is 2.06. The smallest absolute Gasteiger partial charge is 0.329 e. The van der Waals surface area contributed by atoms with Crippen LogP contribution in [0.1, 0.15) is 23.7 Å². The molecule has 0 spiro atoms. The fourth-order valence-corrected chi connectivity index (χ4v) is 2.85. The van der Waals surface area contributed by atoms with Crippen LogP contribution in [0.25, 0.3) is 11.0 Å². The van der Waals surface area contributed by atoms with Crippen LogP contribution in [-0.2, 0) is 6.54 Å². The molecule has 152 valence electrons. The Morgan fingerprint density at radius 2 is 2.03 bits per heavy atom. The number of nitrogens with one attached hydrogen (secondary N) is 2. The minimum Gasteiger partial charge on any atom is -0.497 e. The quantitative estimate of drug-likeness (QED) is 0.553. The molecule has 0 bridgehead atoms. The van der Waals surface area contributed by atoms with E-state index >= 15 is 0 Å². The van der Waals surface area contributed by atoms with Crippen molar-refractivity contribution < 1.29 is 14.3 Å². The first-order valence-corrected chi connectivity index (χ1v) is 9.21. The van der Waals surface area contributed by atoms with Gasteiger partial charge in [0.05, 0.1) is 24.6 Å². The molecule has 3 rings (SSSR count). The van der Waals surface area contributed by atoms with E-state index in [-0.39, 0.29) is 35.7 Å². The lowest BCUT2D eigenvalue weighted by molar-refractivity contribution is 0.0946. The molecule has 1 aromatic carbocycles. The highest BCUT2D eigenvalue weighted by Crippen LogP contribution is 2.18. The molecule has 0 saturated heterocycles. The molecular formula is C20H22N4O5. The summed E-state index contributed by atoms with van der Waals surface area (Å²) in [4.78, 5) is 42.9. The van der Waals surface area contributed by atoms with Gasteiger partial charge in [0.15, 0.2) is 0 Å². The van der Waals surface area contributed by atoms with Gasteiger partial charge in [0, 0.05) is 18.8 Å². The third-order valence-corrected chi connectivity index (χ3v) is 4.24. The molecule has 9 heteroatoms. The monoisotopic (exact) mass is 398 g/mol. The number of rotatable bonds is 8. The van der Waals surface area contributed by atoms with Crippen LogP contribution < -0.4 is 26.0 Å². The molecule has 0 aliphatic heterocycles. The van der Waals surface area contributed by atoms with Gasteiger partial charge in [-0.2, -0.15) is 0 Å². The topological polar surface area (TPSA) is 115 Å². The summed E-state index contributed by atoms with van der Waals surface area (Å²) in [5.74, 6) is 0.924. The zero-order chi connectivity index (χ0) is 20.8. The van der Waals surface area contributed by atoms with Crippen LogP contribution in [0.5, 0.6) is 11.5 Å². The van der Waals surface area contributed by atoms with Gasteiger partial charge in [-0.3, -0.25) is 19.1 Å². The molecule has 3 aromatic rings. The van der Waals surface area contributed by atoms with Crippen molar-refractivity contribution in [1.82, 2.24) is 19.9 Å². The number of aromatic amines is 1. The van der Waals surface area contributed by atoms with Gasteiger partial charge < -0.3 is 14.8 Å². The van der Waals surface area contributed by atoms with Gasteiger partial charge >= 0.3 is 5.69 Å². The maximum atomic E-state index is 12.4. The summed E-state index contributed by atoms with van der Waals surface area (Å²) >= 11 is 0. The van der Waals surface area contributed by atoms with Crippen LogP contribution >= 0.6 is 0 Å². The normalized spacial score (nSPS) is 10.7. The zero-order valence-electron chi connectivity index (χ0n) is 16.2. The second-order valence-electron chi connectivity index (χ2n) is 6.29. The minimum atomic E-state index is -0.569. The molecule has 0 unspecified atom stereocenters. The van der Waals surface area contributed by atoms with Crippen LogP contribution in [0.4, 0.5) is 0 Å². The highest BCUT2D eigenvalue weighted by molar-refractivity contribution is 5.96. The number of hydrogen-bond donors (Lipinski definition) is 2. The number of hydrogen-bond acceptors (Lipinski definition) is 6. The minimum absolute atomic E-state index is 0.193. The number of benzene rings is 1. The molecule has 0 aliphatic carbocycles. The van der Waals surface area contributed by atoms with Crippen molar-refractivity contribution in [2.75, 3.05) is 20.3 Å². The predicted octanol–water partition coefficient (Wildman–Crippen LogP) is 1.31. The summed E-state index contributed by atoms with van der Waals surface area (Å²) in [5.41, 5.74) is -0.589. The standard InChI is InChI=1S/C20H22N4O5/c1-3-8-24-17-16(19(26)23-20(24)27)10-13(12-22-17)18(25)21-7-9-29-15-6-4-5-14(11-15)28-2/h4-6,10-12H,3,7-9H2,1-2H3,(H,21,25)(H,23,26,27). The second kappa shape index (κ2) is 9.05. The number of carbonyl (C=O) groups excluding carboxylic acids is 1. The first kappa shape index (κ1) is 20.1. The maximum Gasteiger partial charge on any atom is 0.329 e. The maximum absolute atomic E-state index is 12.4. The van der Waals surface area contributed by atoms with E-state index in [1.165, 1.54) is 16.8 Å². The Labute approximate surface area is 166 Å². The third-order valence-electron chi connectivity index (χ3n) is 4.24. The number of ether oxygens (including phenoxy) is 2. The van der Waals surface area contributed by atoms with E-state index in [4.69, 9.17) is 9.47 Å². The predicted molar refractivity (Wildman–Crippen MR) is 108 cm³/mol. The second-order valence-corrected chi connectivity index (χ2v) is 6.29. The fourth-order valence-electron chi connectivity index (χ4n) is 2.85. The number of fused-ring (bicyclic) bond motifs is 1. The lowest BCUT2D eigenvalue weighted by atomic mass is 10.2. The largest absolute Gasteiger partial charge is 0.497 e. The Bertz CT molecular complexity index is 1140. The molecule has 0 fully saturated rings. The van der Waals surface area contributed by atoms with E-state index in [0.29, 0.717) is 24.5 Å². The van der Waals surface area contributed by atoms with Gasteiger partial charge in [0.1, 0.15) is 23.8 Å². The van der Waals surface area contributed by atoms with Crippen LogP contribution in [0.15, 0.2) is 46.1 Å². The van der Waals surface area contributed by atoms with Gasteiger partial charge in [-0.15, -0.1) is 0 Å². The number of aryl methyl sites for hydroxylation is 1. The van der Waals surface area contributed by atoms with Crippen molar-refractivity contribution in [3.63, 3.8) is 0 Å². The molecule has 2 aromatic heterocycles. The summed E-state index contributed by atoms with van der Waals surface area (Å²) in [7, 11) is 1.57. The van der Waals surface area contributed by atoms with E-state index in [1.807, 2.05) is 19.1 Å². The van der Waals surface area contributed by atoms with Gasteiger partial charge in [-0.25, -0.2) is 9.78 Å². The average Bonchev–Trinajstić information content (AvgIpc) is 2.74. The van der Waals surface area contributed by atoms with Gasteiger partial charge in [0.25, 0.3) is 11.5 Å². The highest BCUT2D eigenvalue weighted by atomic mass is 16.5. The van der Waals surface area contributed by atoms with Crippen molar-refractivity contribution in [3.8, 4) is 11.5 Å². The number of aromatic nitrogens is 3. The molecule has 0 atom stereocenters. The van der Waals surface area contributed by atoms with E-state index < -0.39 is 11.2 Å². The first-order valence-electron chi connectivity index (χ1n) is 9.21. The number of amides is 1. The van der Waals surface area contributed by atoms with E-state index in [9.17, 15) is 14.4 Å². The van der Waals surface area contributed by atoms with Gasteiger partial charge in [-0.1, -0.05) is 13.0 Å². The van der Waals surface area contributed by atoms with Crippen LogP contribution in [0.3, 0.4) is 0 Å². The number of H-pyrrole nitrogens is 1. The number of pyridine rings is 1. The number of carbonyl (C=O) groups is 1. The molecule has 9 nitrogen and oxygen atoms in total. The molecule has 29 heavy (non-hydrogen) atoms. The molecule has 0 saturated carbocycles. The lowest BCUT2D eigenvalue weighted by Gasteiger charge is -2.10. The molecular weight excluding hydrogens is 376 g/mol. The Kier molecular flexibility index (Phi) is 6.28. The molecule has 1 amide bonds. The summed E-state index contributed by atoms with van der Waals surface area (Å²) in [6.45, 7) is 2.86. The van der Waals surface area contributed by atoms with Crippen LogP contribution in [-0.4, -0.2) is 40.7 Å². The van der Waals surface area contributed by atoms with Crippen LogP contribution in [0, 0.1) is 0 Å². The van der Waals surface area contributed by atoms with Crippen molar-refractivity contribution in [2.24, 2.45) is 0 Å². The Hall–Kier alpha value is -3.62. The third kappa shape index (κ3) is 4.63. The molecule has 0 aliphatic rings. The Morgan fingerprint density at radius 1 is 1.24 bits per heavy atom. The Balaban J connectivity index is 1.67. The van der Waals surface area contributed by atoms with Gasteiger partial charge in [0.2, 0.25) is 0 Å². The zero-order valence-corrected chi connectivity index (χ0v) is 16.2. The van der Waals surface area contributed by atoms with Crippen molar-refractivity contribution in [2.45, 2.75) is 19.9 Å². The van der Waals surface area contributed by atoms with Gasteiger partial charge in [-0.05, 0) is 24.6 Å². The average molecular weight is 398 g/mol. The lowest BCUT2D eigenvalue weighted by Crippen LogP contribution is -2.32. The molecule has 2 N–H and O–H groups in total.